The van der Waals surface area contributed by atoms with E-state index in [0.717, 1.165) is 105 Å². The smallest absolute Gasteiger partial charge is 0.872 e. The second-order valence-electron chi connectivity index (χ2n) is 48.9. The fourth-order valence-electron chi connectivity index (χ4n) is 17.2. The third-order valence-corrected chi connectivity index (χ3v) is 25.7. The summed E-state index contributed by atoms with van der Waals surface area (Å²) < 4.78 is 0. The van der Waals surface area contributed by atoms with Crippen LogP contribution in [0.1, 0.15) is 426 Å². The first-order chi connectivity index (χ1) is 54.6. The summed E-state index contributed by atoms with van der Waals surface area (Å²) in [6.07, 6.45) is 13.5. The van der Waals surface area contributed by atoms with E-state index in [1.54, 1.807) is 0 Å². The molecule has 3 saturated carbocycles. The van der Waals surface area contributed by atoms with Crippen molar-refractivity contribution in [2.75, 3.05) is 0 Å². The average molecular weight is 1760 g/mol. The summed E-state index contributed by atoms with van der Waals surface area (Å²) >= 11 is 0. The number of nitrogens with one attached hydrogen (secondary N) is 6. The van der Waals surface area contributed by atoms with E-state index in [0.29, 0.717) is 39.3 Å². The van der Waals surface area contributed by atoms with Gasteiger partial charge in [0.25, 0.3) is 0 Å². The van der Waals surface area contributed by atoms with E-state index in [9.17, 15) is 30.6 Å². The van der Waals surface area contributed by atoms with Crippen molar-refractivity contribution in [3.63, 3.8) is 0 Å². The Morgan fingerprint density at radius 2 is 0.295 bits per heavy atom. The summed E-state index contributed by atoms with van der Waals surface area (Å²) in [5, 5.41) is 104. The molecule has 0 bridgehead atoms. The van der Waals surface area contributed by atoms with Gasteiger partial charge in [0.15, 0.2) is 0 Å². The molecular formula is C108H168Mn2N6O6. The van der Waals surface area contributed by atoms with Crippen molar-refractivity contribution >= 4 is 0 Å². The number of benzene rings is 6. The second-order valence-corrected chi connectivity index (χ2v) is 48.9. The normalized spacial score (nSPS) is 18.9. The quantitative estimate of drug-likeness (QED) is 0.0444. The van der Waals surface area contributed by atoms with Crippen LogP contribution in [0.3, 0.4) is 0 Å². The zero-order valence-electron chi connectivity index (χ0n) is 83.3. The van der Waals surface area contributed by atoms with Gasteiger partial charge in [-0.15, -0.1) is 34.5 Å². The molecule has 3 aliphatic rings. The van der Waals surface area contributed by atoms with Gasteiger partial charge >= 0.3 is 34.1 Å². The van der Waals surface area contributed by atoms with Gasteiger partial charge in [-0.25, -0.2) is 0 Å². The van der Waals surface area contributed by atoms with Gasteiger partial charge < -0.3 is 62.5 Å². The number of hydrogen-bond donors (Lipinski definition) is 6. The van der Waals surface area contributed by atoms with Crippen LogP contribution in [0.2, 0.25) is 0 Å². The topological polar surface area (TPSA) is 211 Å². The van der Waals surface area contributed by atoms with Crippen molar-refractivity contribution in [1.82, 2.24) is 31.9 Å². The molecule has 0 amide bonds. The molecule has 9 rings (SSSR count). The van der Waals surface area contributed by atoms with Gasteiger partial charge in [0, 0.05) is 75.5 Å². The molecule has 3 fully saturated rings. The molecule has 6 aromatic rings. The van der Waals surface area contributed by atoms with Crippen LogP contribution in [0.25, 0.3) is 0 Å². The molecule has 12 nitrogen and oxygen atoms in total. The van der Waals surface area contributed by atoms with Crippen LogP contribution in [-0.2, 0) is 138 Å². The average Bonchev–Trinajstić information content (AvgIpc) is 0.808. The molecule has 14 heteroatoms. The van der Waals surface area contributed by atoms with Crippen LogP contribution >= 0.6 is 0 Å². The van der Waals surface area contributed by atoms with E-state index in [4.69, 9.17) is 0 Å². The Balaban J connectivity index is 0.000000323. The van der Waals surface area contributed by atoms with Gasteiger partial charge in [0.1, 0.15) is 0 Å². The van der Waals surface area contributed by atoms with Crippen LogP contribution < -0.4 is 62.5 Å². The summed E-state index contributed by atoms with van der Waals surface area (Å²) in [6, 6.07) is 27.0. The van der Waals surface area contributed by atoms with E-state index in [2.05, 4.69) is 354 Å². The first kappa shape index (κ1) is 107. The Morgan fingerprint density at radius 3 is 0.385 bits per heavy atom. The van der Waals surface area contributed by atoms with Crippen molar-refractivity contribution < 1.29 is 64.8 Å². The SMILES string of the molecule is CC(C)(C)c1cc(CNC2CCCCC2NCc2cc(C(C)(C)C)cc(C(C)(C)C)c2[O-])c([O-])c(C(C)(C)C)c1.CC(C)(C)c1cc(CNC2CCCCC2NCc2cc(C(C)(C)C)cc(C(C)(C)C)c2[O-])c([O-])c(C(C)(C)C)c1.CC(C)(C)c1cc(CN[C@H]2CCCC[C@@H]2NCc2cc(C(C)(C)C)cc(C(C)(C)C)c2[O-])c([O-])c(C(C)(C)C)c1.[Mn+3].[Mn+3]. The molecule has 680 valence electrons. The molecule has 4 unspecified atom stereocenters. The predicted octanol–water partition coefficient (Wildman–Crippen LogP) is 21.6. The summed E-state index contributed by atoms with van der Waals surface area (Å²) in [6.45, 7) is 81.4. The molecular weight excluding hydrogens is 1590 g/mol. The first-order valence-electron chi connectivity index (χ1n) is 46.1. The molecule has 6 N–H and O–H groups in total. The second kappa shape index (κ2) is 41.1. The Bertz CT molecular complexity index is 3690. The summed E-state index contributed by atoms with van der Waals surface area (Å²) in [7, 11) is 0. The van der Waals surface area contributed by atoms with Crippen LogP contribution in [0.4, 0.5) is 0 Å². The minimum atomic E-state index is -0.203. The summed E-state index contributed by atoms with van der Waals surface area (Å²) in [4.78, 5) is 0. The Kier molecular flexibility index (Phi) is 36.2. The van der Waals surface area contributed by atoms with Crippen molar-refractivity contribution in [3.05, 3.63) is 173 Å². The van der Waals surface area contributed by atoms with Gasteiger partial charge in [-0.2, -0.15) is 0 Å². The summed E-state index contributed by atoms with van der Waals surface area (Å²) in [5.41, 5.74) is 16.4. The first-order valence-corrected chi connectivity index (χ1v) is 46.1. The van der Waals surface area contributed by atoms with Crippen LogP contribution in [0, 0.1) is 0 Å². The van der Waals surface area contributed by atoms with Crippen LogP contribution in [-0.4, -0.2) is 36.3 Å². The Labute approximate surface area is 765 Å². The minimum absolute atomic E-state index is 0. The molecule has 6 aromatic carbocycles. The maximum atomic E-state index is 13.5. The van der Waals surface area contributed by atoms with Gasteiger partial charge in [-0.3, -0.25) is 0 Å². The zero-order valence-corrected chi connectivity index (χ0v) is 85.7. The van der Waals surface area contributed by atoms with Gasteiger partial charge in [0.05, 0.1) is 0 Å². The van der Waals surface area contributed by atoms with Crippen molar-refractivity contribution in [3.8, 4) is 34.5 Å². The third-order valence-electron chi connectivity index (χ3n) is 25.7. The van der Waals surface area contributed by atoms with Gasteiger partial charge in [0.2, 0.25) is 0 Å². The number of rotatable bonds is 18. The monoisotopic (exact) mass is 1760 g/mol. The maximum Gasteiger partial charge on any atom is 3.00 e. The van der Waals surface area contributed by atoms with E-state index >= 15 is 0 Å². The van der Waals surface area contributed by atoms with Gasteiger partial charge in [-0.05, 0) is 204 Å². The van der Waals surface area contributed by atoms with Gasteiger partial charge in [-0.1, -0.05) is 361 Å². The standard InChI is InChI=1S/3C36H58N2O2.2Mn/c3*1-33(2,3)25-17-23(31(39)27(19-25)35(7,8)9)21-37-29-15-13-14-16-30(29)38-22-24-18-26(34(4,5)6)20-28(32(24)40)36(10,11)12;;/h3*17-20,29-30,37-40H,13-16,21-22H2,1-12H3;;/q;;;2*+3/p-6/t29-,30-;;;;/m0..../s1. The molecule has 0 aromatic heterocycles. The Morgan fingerprint density at radius 1 is 0.189 bits per heavy atom. The summed E-state index contributed by atoms with van der Waals surface area (Å²) in [5.74, 6) is 0.989. The largest absolute Gasteiger partial charge is 3.00 e. The molecule has 0 saturated heterocycles. The van der Waals surface area contributed by atoms with E-state index < -0.39 is 0 Å². The molecule has 0 spiro atoms. The molecule has 6 atom stereocenters. The number of hydrogen-bond acceptors (Lipinski definition) is 12. The molecule has 0 radical (unpaired) electrons. The fraction of sp³-hybridized carbons (Fsp3) is 0.667. The molecule has 0 heterocycles. The molecule has 3 aliphatic carbocycles. The van der Waals surface area contributed by atoms with Crippen molar-refractivity contribution in [1.29, 1.82) is 0 Å². The predicted molar refractivity (Wildman–Crippen MR) is 499 cm³/mol. The van der Waals surface area contributed by atoms with Crippen LogP contribution in [0.15, 0.2) is 72.8 Å². The fourth-order valence-corrected chi connectivity index (χ4v) is 17.2. The maximum absolute atomic E-state index is 13.5. The molecule has 122 heavy (non-hydrogen) atoms. The van der Waals surface area contributed by atoms with E-state index in [1.165, 1.54) is 71.9 Å². The van der Waals surface area contributed by atoms with Crippen molar-refractivity contribution in [2.24, 2.45) is 0 Å². The van der Waals surface area contributed by atoms with Crippen LogP contribution in [0.5, 0.6) is 34.5 Å². The minimum Gasteiger partial charge on any atom is -0.872 e. The zero-order chi connectivity index (χ0) is 90.8. The van der Waals surface area contributed by atoms with Crippen molar-refractivity contribution in [2.45, 2.75) is 467 Å². The third kappa shape index (κ3) is 29.2. The Hall–Kier alpha value is -5.08. The van der Waals surface area contributed by atoms with E-state index in [1.807, 2.05) is 0 Å². The molecule has 0 aliphatic heterocycles. The van der Waals surface area contributed by atoms with E-state index in [-0.39, 0.29) is 170 Å².